The highest BCUT2D eigenvalue weighted by Crippen LogP contribution is 2.25. The maximum Gasteiger partial charge on any atom is 0.180 e. The van der Waals surface area contributed by atoms with Gasteiger partial charge >= 0.3 is 0 Å². The molecular formula is C12H19NO5S2. The molecule has 0 radical (unpaired) electrons. The largest absolute Gasteiger partial charge is 0.497 e. The Kier molecular flexibility index (Phi) is 5.41. The minimum absolute atomic E-state index is 0.00828. The molecule has 0 fully saturated rings. The lowest BCUT2D eigenvalue weighted by atomic mass is 10.3. The van der Waals surface area contributed by atoms with Crippen molar-refractivity contribution in [3.05, 3.63) is 18.2 Å². The molecule has 6 nitrogen and oxygen atoms in total. The van der Waals surface area contributed by atoms with Gasteiger partial charge in [0.25, 0.3) is 0 Å². The van der Waals surface area contributed by atoms with Crippen LogP contribution in [0.4, 0.5) is 5.69 Å². The molecule has 8 heteroatoms. The van der Waals surface area contributed by atoms with Crippen LogP contribution in [-0.4, -0.2) is 41.2 Å². The highest BCUT2D eigenvalue weighted by atomic mass is 32.2. The molecule has 0 bridgehead atoms. The lowest BCUT2D eigenvalue weighted by Crippen LogP contribution is -2.15. The van der Waals surface area contributed by atoms with E-state index in [1.807, 2.05) is 0 Å². The first-order valence-corrected chi connectivity index (χ1v) is 9.56. The van der Waals surface area contributed by atoms with Crippen LogP contribution < -0.4 is 10.5 Å². The number of hydrogen-bond acceptors (Lipinski definition) is 6. The second-order valence-electron chi connectivity index (χ2n) is 4.31. The number of benzene rings is 1. The van der Waals surface area contributed by atoms with E-state index in [1.54, 1.807) is 6.07 Å². The number of sulfone groups is 2. The van der Waals surface area contributed by atoms with E-state index >= 15 is 0 Å². The highest BCUT2D eigenvalue weighted by Gasteiger charge is 2.19. The second-order valence-corrected chi connectivity index (χ2v) is 8.86. The fourth-order valence-electron chi connectivity index (χ4n) is 1.63. The van der Waals surface area contributed by atoms with E-state index in [2.05, 4.69) is 0 Å². The summed E-state index contributed by atoms with van der Waals surface area (Å²) in [7, 11) is -5.36. The van der Waals surface area contributed by atoms with Crippen LogP contribution in [0.2, 0.25) is 0 Å². The van der Waals surface area contributed by atoms with E-state index in [-0.39, 0.29) is 34.3 Å². The molecule has 20 heavy (non-hydrogen) atoms. The van der Waals surface area contributed by atoms with E-state index in [1.165, 1.54) is 26.2 Å². The van der Waals surface area contributed by atoms with Gasteiger partial charge in [-0.15, -0.1) is 0 Å². The number of methoxy groups -OCH3 is 1. The van der Waals surface area contributed by atoms with Gasteiger partial charge in [0, 0.05) is 11.8 Å². The number of hydrogen-bond donors (Lipinski definition) is 1. The Morgan fingerprint density at radius 1 is 1.15 bits per heavy atom. The highest BCUT2D eigenvalue weighted by molar-refractivity contribution is 7.92. The predicted octanol–water partition coefficient (Wildman–Crippen LogP) is 0.876. The molecule has 0 aliphatic carbocycles. The van der Waals surface area contributed by atoms with E-state index in [0.29, 0.717) is 5.75 Å². The molecule has 1 rings (SSSR count). The van der Waals surface area contributed by atoms with Crippen LogP contribution >= 0.6 is 0 Å². The van der Waals surface area contributed by atoms with Gasteiger partial charge < -0.3 is 10.5 Å². The van der Waals surface area contributed by atoms with E-state index in [0.717, 1.165) is 0 Å². The summed E-state index contributed by atoms with van der Waals surface area (Å²) < 4.78 is 52.0. The average Bonchev–Trinajstić information content (AvgIpc) is 2.38. The van der Waals surface area contributed by atoms with E-state index in [9.17, 15) is 16.8 Å². The lowest BCUT2D eigenvalue weighted by molar-refractivity contribution is 0.413. The van der Waals surface area contributed by atoms with Gasteiger partial charge in [-0.25, -0.2) is 16.8 Å². The lowest BCUT2D eigenvalue weighted by Gasteiger charge is -2.09. The molecule has 2 N–H and O–H groups in total. The second kappa shape index (κ2) is 6.45. The van der Waals surface area contributed by atoms with Crippen molar-refractivity contribution in [3.8, 4) is 5.75 Å². The first-order valence-electron chi connectivity index (χ1n) is 6.08. The zero-order valence-corrected chi connectivity index (χ0v) is 13.1. The molecule has 0 spiro atoms. The fraction of sp³-hybridized carbons (Fsp3) is 0.500. The van der Waals surface area contributed by atoms with E-state index in [4.69, 9.17) is 10.5 Å². The normalized spacial score (nSPS) is 12.3. The van der Waals surface area contributed by atoms with Gasteiger partial charge in [-0.05, 0) is 18.6 Å². The molecule has 114 valence electrons. The molecule has 0 aliphatic rings. The van der Waals surface area contributed by atoms with Crippen LogP contribution in [0.25, 0.3) is 0 Å². The maximum absolute atomic E-state index is 12.2. The zero-order valence-electron chi connectivity index (χ0n) is 11.5. The summed E-state index contributed by atoms with van der Waals surface area (Å²) in [4.78, 5) is -0.0225. The van der Waals surface area contributed by atoms with E-state index < -0.39 is 19.7 Å². The molecule has 0 atom stereocenters. The van der Waals surface area contributed by atoms with Gasteiger partial charge in [-0.3, -0.25) is 0 Å². The SMILES string of the molecule is CCS(=O)(=O)CCCS(=O)(=O)c1cc(OC)ccc1N. The summed E-state index contributed by atoms with van der Waals surface area (Å²) >= 11 is 0. The van der Waals surface area contributed by atoms with Crippen LogP contribution in [-0.2, 0) is 19.7 Å². The fourth-order valence-corrected chi connectivity index (χ4v) is 4.16. The minimum Gasteiger partial charge on any atom is -0.497 e. The number of rotatable bonds is 7. The molecule has 0 saturated carbocycles. The smallest absolute Gasteiger partial charge is 0.180 e. The van der Waals surface area contributed by atoms with Crippen molar-refractivity contribution in [2.24, 2.45) is 0 Å². The van der Waals surface area contributed by atoms with Crippen molar-refractivity contribution in [1.82, 2.24) is 0 Å². The predicted molar refractivity (Wildman–Crippen MR) is 78.4 cm³/mol. The average molecular weight is 321 g/mol. The molecule has 0 aromatic heterocycles. The van der Waals surface area contributed by atoms with Crippen LogP contribution in [0.5, 0.6) is 5.75 Å². The summed E-state index contributed by atoms with van der Waals surface area (Å²) in [6.07, 6.45) is 0.0508. The van der Waals surface area contributed by atoms with Gasteiger partial charge in [0.05, 0.1) is 29.2 Å². The Morgan fingerprint density at radius 3 is 2.35 bits per heavy atom. The van der Waals surface area contributed by atoms with Crippen molar-refractivity contribution >= 4 is 25.4 Å². The van der Waals surface area contributed by atoms with Crippen molar-refractivity contribution < 1.29 is 21.6 Å². The Balaban J connectivity index is 2.89. The summed E-state index contributed by atoms with van der Waals surface area (Å²) in [6, 6.07) is 4.36. The summed E-state index contributed by atoms with van der Waals surface area (Å²) in [6.45, 7) is 1.53. The standard InChI is InChI=1S/C12H19NO5S2/c1-3-19(14,15)7-4-8-20(16,17)12-9-10(18-2)5-6-11(12)13/h5-6,9H,3-4,7-8,13H2,1-2H3. The number of nitrogen functional groups attached to an aromatic ring is 1. The topological polar surface area (TPSA) is 104 Å². The Hall–Kier alpha value is -1.28. The van der Waals surface area contributed by atoms with Gasteiger partial charge in [-0.2, -0.15) is 0 Å². The first-order chi connectivity index (χ1) is 9.22. The zero-order chi connectivity index (χ0) is 15.4. The molecule has 0 heterocycles. The summed E-state index contributed by atoms with van der Waals surface area (Å²) in [5, 5.41) is 0. The Labute approximate surface area is 119 Å². The van der Waals surface area contributed by atoms with Gasteiger partial charge in [0.2, 0.25) is 0 Å². The molecule has 0 amide bonds. The maximum atomic E-state index is 12.2. The quantitative estimate of drug-likeness (QED) is 0.748. The molecule has 0 unspecified atom stereocenters. The van der Waals surface area contributed by atoms with Crippen molar-refractivity contribution in [2.75, 3.05) is 30.1 Å². The van der Waals surface area contributed by atoms with Crippen molar-refractivity contribution in [3.63, 3.8) is 0 Å². The molecule has 1 aromatic carbocycles. The van der Waals surface area contributed by atoms with Gasteiger partial charge in [0.1, 0.15) is 15.6 Å². The van der Waals surface area contributed by atoms with Crippen LogP contribution in [0.1, 0.15) is 13.3 Å². The Bertz CT molecular complexity index is 665. The van der Waals surface area contributed by atoms with Crippen LogP contribution in [0.3, 0.4) is 0 Å². The number of ether oxygens (including phenoxy) is 1. The molecule has 0 saturated heterocycles. The van der Waals surface area contributed by atoms with Gasteiger partial charge in [-0.1, -0.05) is 6.92 Å². The summed E-state index contributed by atoms with van der Waals surface area (Å²) in [5.74, 6) is -0.0103. The third-order valence-corrected chi connectivity index (χ3v) is 6.50. The third-order valence-electron chi connectivity index (χ3n) is 2.86. The van der Waals surface area contributed by atoms with Crippen molar-refractivity contribution in [1.29, 1.82) is 0 Å². The number of nitrogens with two attached hydrogens (primary N) is 1. The molecule has 1 aromatic rings. The minimum atomic E-state index is -3.62. The van der Waals surface area contributed by atoms with Crippen LogP contribution in [0, 0.1) is 0 Å². The molecule has 0 aliphatic heterocycles. The molecular weight excluding hydrogens is 302 g/mol. The Morgan fingerprint density at radius 2 is 1.80 bits per heavy atom. The van der Waals surface area contributed by atoms with Crippen molar-refractivity contribution in [2.45, 2.75) is 18.2 Å². The first kappa shape index (κ1) is 16.8. The van der Waals surface area contributed by atoms with Crippen LogP contribution in [0.15, 0.2) is 23.1 Å². The summed E-state index contributed by atoms with van der Waals surface area (Å²) in [5.41, 5.74) is 5.79. The third kappa shape index (κ3) is 4.38. The number of anilines is 1. The van der Waals surface area contributed by atoms with Gasteiger partial charge in [0.15, 0.2) is 9.84 Å². The monoisotopic (exact) mass is 321 g/mol.